The third kappa shape index (κ3) is 16.1. The highest BCUT2D eigenvalue weighted by Gasteiger charge is 2.44. The summed E-state index contributed by atoms with van der Waals surface area (Å²) in [5.74, 6) is -4.32. The Morgan fingerprint density at radius 3 is 2.02 bits per heavy atom. The normalized spacial score (nSPS) is 18.1. The number of likely N-dealkylation sites (tertiary alicyclic amines) is 1. The molecule has 0 radical (unpaired) electrons. The van der Waals surface area contributed by atoms with Gasteiger partial charge >= 0.3 is 12.1 Å². The molecule has 2 N–H and O–H groups in total. The van der Waals surface area contributed by atoms with Crippen LogP contribution in [0.3, 0.4) is 0 Å². The molecule has 13 heteroatoms. The lowest BCUT2D eigenvalue weighted by Crippen LogP contribution is -2.55. The summed E-state index contributed by atoms with van der Waals surface area (Å²) in [4.78, 5) is 84.0. The number of Topliss-reactive ketones (excluding diaryl/α,β-unsaturated/α-hetero) is 2. The number of nitrogens with zero attached hydrogens (tertiary/aromatic N) is 1. The van der Waals surface area contributed by atoms with Crippen LogP contribution in [0.5, 0.6) is 0 Å². The molecule has 1 saturated heterocycles. The summed E-state index contributed by atoms with van der Waals surface area (Å²) in [6, 6.07) is 7.06. The topological polar surface area (TPSA) is 157 Å². The van der Waals surface area contributed by atoms with E-state index in [0.29, 0.717) is 32.2 Å². The van der Waals surface area contributed by atoms with Crippen LogP contribution < -0.4 is 10.6 Å². The van der Waals surface area contributed by atoms with E-state index < -0.39 is 73.7 Å². The molecule has 0 bridgehead atoms. The second kappa shape index (κ2) is 22.3. The summed E-state index contributed by atoms with van der Waals surface area (Å²) in [6.45, 7) is 29.5. The zero-order valence-corrected chi connectivity index (χ0v) is 39.9. The molecule has 3 amide bonds. The van der Waals surface area contributed by atoms with E-state index >= 15 is 0 Å². The fourth-order valence-corrected chi connectivity index (χ4v) is 8.40. The largest absolute Gasteiger partial charge is 0.459 e. The lowest BCUT2D eigenvalue weighted by atomic mass is 9.80. The van der Waals surface area contributed by atoms with Crippen LogP contribution in [-0.4, -0.2) is 85.0 Å². The van der Waals surface area contributed by atoms with Gasteiger partial charge in [0.15, 0.2) is 8.32 Å². The van der Waals surface area contributed by atoms with Crippen molar-refractivity contribution >= 4 is 43.8 Å². The summed E-state index contributed by atoms with van der Waals surface area (Å²) in [6.07, 6.45) is 0.679. The second-order valence-corrected chi connectivity index (χ2v) is 24.6. The van der Waals surface area contributed by atoms with Crippen molar-refractivity contribution in [3.05, 3.63) is 35.9 Å². The van der Waals surface area contributed by atoms with Crippen molar-refractivity contribution in [3.63, 3.8) is 0 Å². The molecule has 2 rings (SSSR count). The summed E-state index contributed by atoms with van der Waals surface area (Å²) in [5, 5.41) is 5.70. The van der Waals surface area contributed by atoms with Crippen LogP contribution in [0.25, 0.3) is 0 Å². The van der Waals surface area contributed by atoms with Crippen molar-refractivity contribution in [1.29, 1.82) is 0 Å². The quantitative estimate of drug-likeness (QED) is 0.0705. The summed E-state index contributed by atoms with van der Waals surface area (Å²) in [7, 11) is -2.47. The molecule has 0 spiro atoms. The number of ketones is 2. The SMILES string of the molecule is CC[C@H](C)[C@@H](NC(=O)OC(C)(C)C)[C@H](CC(=O)C[C@H](C(=O)[C@@H](C)C(=O)N[C@@H](CC(C)C)C(=O)N1CCC[C@H]1C(=O)OCc1ccccc1)C(C)C)O[Si](C)(C)C(C)(C)C. The van der Waals surface area contributed by atoms with Crippen molar-refractivity contribution in [2.75, 3.05) is 6.54 Å². The highest BCUT2D eigenvalue weighted by molar-refractivity contribution is 6.74. The van der Waals surface area contributed by atoms with Crippen molar-refractivity contribution in [1.82, 2.24) is 15.5 Å². The molecule has 1 aromatic carbocycles. The molecule has 0 aromatic heterocycles. The van der Waals surface area contributed by atoms with Crippen LogP contribution in [0.15, 0.2) is 30.3 Å². The minimum absolute atomic E-state index is 0.0212. The number of ether oxygens (including phenoxy) is 2. The number of amides is 3. The molecule has 1 aromatic rings. The monoisotopic (exact) mass is 844 g/mol. The van der Waals surface area contributed by atoms with Crippen LogP contribution in [0.1, 0.15) is 134 Å². The summed E-state index contributed by atoms with van der Waals surface area (Å²) >= 11 is 0. The van der Waals surface area contributed by atoms with E-state index in [9.17, 15) is 28.8 Å². The minimum atomic E-state index is -2.47. The second-order valence-electron chi connectivity index (χ2n) is 19.9. The molecule has 0 aliphatic carbocycles. The van der Waals surface area contributed by atoms with Crippen molar-refractivity contribution < 1.29 is 42.7 Å². The molecule has 334 valence electrons. The van der Waals surface area contributed by atoms with Gasteiger partial charge < -0.3 is 29.4 Å². The van der Waals surface area contributed by atoms with Gasteiger partial charge in [-0.1, -0.05) is 99.1 Å². The van der Waals surface area contributed by atoms with E-state index in [2.05, 4.69) is 44.5 Å². The Bertz CT molecular complexity index is 1570. The molecular formula is C46H77N3O9Si. The van der Waals surface area contributed by atoms with Gasteiger partial charge in [0.05, 0.1) is 18.1 Å². The average molecular weight is 844 g/mol. The maximum Gasteiger partial charge on any atom is 0.407 e. The predicted molar refractivity (Wildman–Crippen MR) is 234 cm³/mol. The first-order chi connectivity index (χ1) is 27.2. The van der Waals surface area contributed by atoms with Crippen LogP contribution in [0, 0.1) is 29.6 Å². The molecule has 12 nitrogen and oxygen atoms in total. The highest BCUT2D eigenvalue weighted by atomic mass is 28.4. The Kier molecular flexibility index (Phi) is 19.5. The Hall–Kier alpha value is -3.58. The van der Waals surface area contributed by atoms with Gasteiger partial charge in [-0.15, -0.1) is 0 Å². The van der Waals surface area contributed by atoms with E-state index in [1.165, 1.54) is 11.8 Å². The number of benzene rings is 1. The van der Waals surface area contributed by atoms with Gasteiger partial charge in [-0.3, -0.25) is 19.2 Å². The first-order valence-electron chi connectivity index (χ1n) is 21.7. The molecular weight excluding hydrogens is 767 g/mol. The van der Waals surface area contributed by atoms with Gasteiger partial charge in [-0.05, 0) is 88.4 Å². The van der Waals surface area contributed by atoms with E-state index in [4.69, 9.17) is 13.9 Å². The summed E-state index contributed by atoms with van der Waals surface area (Å²) < 4.78 is 18.1. The van der Waals surface area contributed by atoms with E-state index in [-0.39, 0.29) is 53.9 Å². The number of carbonyl (C=O) groups is 6. The molecule has 1 aliphatic rings. The Morgan fingerprint density at radius 1 is 0.881 bits per heavy atom. The third-order valence-corrected chi connectivity index (χ3v) is 16.3. The lowest BCUT2D eigenvalue weighted by Gasteiger charge is -2.43. The number of nitrogens with one attached hydrogen (secondary N) is 2. The number of rotatable bonds is 21. The number of esters is 1. The molecule has 1 heterocycles. The Labute approximate surface area is 356 Å². The smallest absolute Gasteiger partial charge is 0.407 e. The molecule has 1 fully saturated rings. The summed E-state index contributed by atoms with van der Waals surface area (Å²) in [5.41, 5.74) is 0.116. The first-order valence-corrected chi connectivity index (χ1v) is 24.6. The van der Waals surface area contributed by atoms with Gasteiger partial charge in [0.2, 0.25) is 11.8 Å². The van der Waals surface area contributed by atoms with Gasteiger partial charge in [0.25, 0.3) is 0 Å². The van der Waals surface area contributed by atoms with Crippen molar-refractivity contribution in [2.24, 2.45) is 29.6 Å². The average Bonchev–Trinajstić information content (AvgIpc) is 3.62. The van der Waals surface area contributed by atoms with Gasteiger partial charge in [0, 0.05) is 25.3 Å². The standard InChI is InChI=1S/C46H77N3O9Si/c1-16-31(6)39(48-44(55)57-45(8,9)10)38(58-59(14,15)46(11,12)13)27-34(50)26-35(30(4)5)40(51)32(7)41(52)47-36(25-29(2)3)42(53)49-24-20-23-37(49)43(54)56-28-33-21-18-17-19-22-33/h17-19,21-22,29-32,35-39H,16,20,23-28H2,1-15H3,(H,47,52)(H,48,55)/t31-,32+,35-,36-,37-,38-,39+/m0/s1. The van der Waals surface area contributed by atoms with E-state index in [0.717, 1.165) is 5.56 Å². The number of hydrogen-bond acceptors (Lipinski definition) is 9. The van der Waals surface area contributed by atoms with Gasteiger partial charge in [0.1, 0.15) is 35.9 Å². The van der Waals surface area contributed by atoms with Crippen LogP contribution in [0.2, 0.25) is 18.1 Å². The molecule has 0 unspecified atom stereocenters. The molecule has 59 heavy (non-hydrogen) atoms. The Balaban J connectivity index is 2.29. The minimum Gasteiger partial charge on any atom is -0.459 e. The van der Waals surface area contributed by atoms with Crippen molar-refractivity contribution in [3.8, 4) is 0 Å². The van der Waals surface area contributed by atoms with Gasteiger partial charge in [-0.2, -0.15) is 0 Å². The predicted octanol–water partition coefficient (Wildman–Crippen LogP) is 8.41. The maximum absolute atomic E-state index is 14.2. The molecule has 0 saturated carbocycles. The van der Waals surface area contributed by atoms with Gasteiger partial charge in [-0.25, -0.2) is 9.59 Å². The zero-order chi connectivity index (χ0) is 45.0. The third-order valence-electron chi connectivity index (χ3n) is 11.8. The van der Waals surface area contributed by atoms with Crippen LogP contribution in [0.4, 0.5) is 4.79 Å². The number of hydrogen-bond donors (Lipinski definition) is 2. The van der Waals surface area contributed by atoms with Crippen molar-refractivity contribution in [2.45, 2.75) is 183 Å². The number of carbonyl (C=O) groups excluding carboxylic acids is 6. The molecule has 1 aliphatic heterocycles. The van der Waals surface area contributed by atoms with Crippen LogP contribution in [-0.2, 0) is 44.5 Å². The maximum atomic E-state index is 14.2. The van der Waals surface area contributed by atoms with E-state index in [1.807, 2.05) is 71.9 Å². The molecule has 7 atom stereocenters. The van der Waals surface area contributed by atoms with E-state index in [1.54, 1.807) is 20.8 Å². The van der Waals surface area contributed by atoms with Crippen LogP contribution >= 0.6 is 0 Å². The lowest BCUT2D eigenvalue weighted by molar-refractivity contribution is -0.155. The first kappa shape index (κ1) is 51.6. The zero-order valence-electron chi connectivity index (χ0n) is 38.9. The Morgan fingerprint density at radius 2 is 1.49 bits per heavy atom. The number of alkyl carbamates (subject to hydrolysis) is 1. The fourth-order valence-electron chi connectivity index (χ4n) is 7.05. The highest BCUT2D eigenvalue weighted by Crippen LogP contribution is 2.39. The fraction of sp³-hybridized carbons (Fsp3) is 0.739.